The lowest BCUT2D eigenvalue weighted by atomic mass is 10.6. The molecular weight excluding hydrogens is 254 g/mol. The number of H-pyrrole nitrogens is 1. The number of rotatable bonds is 3. The Kier molecular flexibility index (Phi) is 2.56. The largest absolute Gasteiger partial charge is 0.362 e. The lowest BCUT2D eigenvalue weighted by Crippen LogP contribution is -2.12. The molecule has 2 heterocycles. The smallest absolute Gasteiger partial charge is 0.306 e. The van der Waals surface area contributed by atoms with E-state index in [1.54, 1.807) is 0 Å². The minimum absolute atomic E-state index is 0.0429. The minimum Gasteiger partial charge on any atom is -0.362 e. The van der Waals surface area contributed by atoms with Gasteiger partial charge in [-0.05, 0) is 6.92 Å². The molecule has 2 aromatic heterocycles. The molecule has 16 heavy (non-hydrogen) atoms. The van der Waals surface area contributed by atoms with Gasteiger partial charge in [0.05, 0.1) is 6.20 Å². The molecule has 0 spiro atoms. The van der Waals surface area contributed by atoms with Gasteiger partial charge in [-0.3, -0.25) is 9.52 Å². The van der Waals surface area contributed by atoms with Gasteiger partial charge in [-0.25, -0.2) is 8.42 Å². The van der Waals surface area contributed by atoms with Crippen molar-refractivity contribution in [3.63, 3.8) is 0 Å². The van der Waals surface area contributed by atoms with Gasteiger partial charge in [-0.2, -0.15) is 0 Å². The number of hydrogen-bond donors (Lipinski definition) is 2. The molecule has 2 rings (SSSR count). The van der Waals surface area contributed by atoms with Crippen LogP contribution in [0.3, 0.4) is 0 Å². The molecule has 0 aliphatic rings. The summed E-state index contributed by atoms with van der Waals surface area (Å²) in [6.07, 6.45) is 2.38. The predicted octanol–water partition coefficient (Wildman–Crippen LogP) is 0.534. The highest BCUT2D eigenvalue weighted by Gasteiger charge is 2.21. The highest BCUT2D eigenvalue weighted by molar-refractivity contribution is 7.94. The maximum absolute atomic E-state index is 11.8. The van der Waals surface area contributed by atoms with Crippen LogP contribution >= 0.6 is 11.3 Å². The number of sulfonamides is 1. The highest BCUT2D eigenvalue weighted by Crippen LogP contribution is 2.19. The van der Waals surface area contributed by atoms with E-state index in [9.17, 15) is 13.2 Å². The van der Waals surface area contributed by atoms with Crippen LogP contribution in [0.25, 0.3) is 0 Å². The van der Waals surface area contributed by atoms with E-state index in [0.717, 1.165) is 6.26 Å². The Hall–Kier alpha value is -1.61. The monoisotopic (exact) mass is 261 g/mol. The predicted molar refractivity (Wildman–Crippen MR) is 57.0 cm³/mol. The number of aromatic nitrogens is 2. The number of aromatic amines is 1. The summed E-state index contributed by atoms with van der Waals surface area (Å²) < 4.78 is 30.3. The summed E-state index contributed by atoms with van der Waals surface area (Å²) in [5, 5.41) is 3.36. The number of nitrogens with one attached hydrogen (secondary N) is 2. The molecule has 0 aromatic carbocycles. The van der Waals surface area contributed by atoms with E-state index in [1.165, 1.54) is 13.1 Å². The fraction of sp³-hybridized carbons (Fsp3) is 0.143. The SMILES string of the molecule is Cc1[nH]c(=O)sc1S(=O)(=O)Nc1cnoc1. The number of aryl methyl sites for hydroxylation is 1. The third-order valence-electron chi connectivity index (χ3n) is 1.71. The molecule has 9 heteroatoms. The molecule has 0 aliphatic heterocycles. The Morgan fingerprint density at radius 1 is 1.56 bits per heavy atom. The average molecular weight is 261 g/mol. The van der Waals surface area contributed by atoms with Crippen LogP contribution in [0.4, 0.5) is 5.69 Å². The standard InChI is InChI=1S/C7H7N3O4S2/c1-4-6(15-7(11)9-4)16(12,13)10-5-2-8-14-3-5/h2-3,10H,1H3,(H,9,11). The molecule has 0 unspecified atom stereocenters. The van der Waals surface area contributed by atoms with E-state index in [-0.39, 0.29) is 9.90 Å². The normalized spacial score (nSPS) is 11.6. The third kappa shape index (κ3) is 1.99. The first-order chi connectivity index (χ1) is 7.49. The van der Waals surface area contributed by atoms with Gasteiger partial charge in [0, 0.05) is 5.69 Å². The average Bonchev–Trinajstić information content (AvgIpc) is 2.75. The summed E-state index contributed by atoms with van der Waals surface area (Å²) in [6, 6.07) is 0. The van der Waals surface area contributed by atoms with E-state index in [2.05, 4.69) is 19.4 Å². The van der Waals surface area contributed by atoms with Gasteiger partial charge in [0.1, 0.15) is 12.0 Å². The van der Waals surface area contributed by atoms with Crippen molar-refractivity contribution < 1.29 is 12.9 Å². The zero-order valence-electron chi connectivity index (χ0n) is 8.05. The molecule has 0 atom stereocenters. The lowest BCUT2D eigenvalue weighted by Gasteiger charge is -2.02. The lowest BCUT2D eigenvalue weighted by molar-refractivity contribution is 0.420. The van der Waals surface area contributed by atoms with Crippen molar-refractivity contribution in [3.05, 3.63) is 27.8 Å². The molecular formula is C7H7N3O4S2. The maximum atomic E-state index is 11.8. The van der Waals surface area contributed by atoms with Crippen molar-refractivity contribution >= 4 is 27.0 Å². The topological polar surface area (TPSA) is 105 Å². The first kappa shape index (κ1) is 10.9. The number of thiazole rings is 1. The van der Waals surface area contributed by atoms with Gasteiger partial charge in [-0.15, -0.1) is 0 Å². The number of anilines is 1. The first-order valence-corrected chi connectivity index (χ1v) is 6.41. The Labute approximate surface area is 94.2 Å². The molecule has 2 aromatic rings. The Bertz CT molecular complexity index is 637. The van der Waals surface area contributed by atoms with E-state index in [4.69, 9.17) is 0 Å². The third-order valence-corrected chi connectivity index (χ3v) is 4.70. The van der Waals surface area contributed by atoms with E-state index < -0.39 is 14.9 Å². The fourth-order valence-corrected chi connectivity index (χ4v) is 3.43. The molecule has 0 saturated heterocycles. The summed E-state index contributed by atoms with van der Waals surface area (Å²) in [4.78, 5) is 13.0. The van der Waals surface area contributed by atoms with Crippen molar-refractivity contribution in [3.8, 4) is 0 Å². The number of hydrogen-bond acceptors (Lipinski definition) is 6. The molecule has 0 amide bonds. The fourth-order valence-electron chi connectivity index (χ4n) is 1.10. The van der Waals surface area contributed by atoms with Crippen molar-refractivity contribution in [2.75, 3.05) is 4.72 Å². The summed E-state index contributed by atoms with van der Waals surface area (Å²) >= 11 is 0.631. The molecule has 7 nitrogen and oxygen atoms in total. The summed E-state index contributed by atoms with van der Waals surface area (Å²) in [5.74, 6) is 0. The quantitative estimate of drug-likeness (QED) is 0.838. The van der Waals surface area contributed by atoms with Crippen molar-refractivity contribution in [1.82, 2.24) is 10.1 Å². The zero-order valence-corrected chi connectivity index (χ0v) is 9.68. The maximum Gasteiger partial charge on any atom is 0.306 e. The van der Waals surface area contributed by atoms with E-state index >= 15 is 0 Å². The van der Waals surface area contributed by atoms with E-state index in [1.807, 2.05) is 0 Å². The van der Waals surface area contributed by atoms with Crippen molar-refractivity contribution in [1.29, 1.82) is 0 Å². The minimum atomic E-state index is -3.76. The van der Waals surface area contributed by atoms with Gasteiger partial charge in [0.2, 0.25) is 0 Å². The second-order valence-electron chi connectivity index (χ2n) is 2.95. The first-order valence-electron chi connectivity index (χ1n) is 4.11. The van der Waals surface area contributed by atoms with Crippen LogP contribution in [0.15, 0.2) is 26.0 Å². The van der Waals surface area contributed by atoms with Crippen LogP contribution in [0.2, 0.25) is 0 Å². The van der Waals surface area contributed by atoms with Crippen molar-refractivity contribution in [2.45, 2.75) is 11.1 Å². The van der Waals surface area contributed by atoms with Gasteiger partial charge in [0.25, 0.3) is 10.0 Å². The summed E-state index contributed by atoms with van der Waals surface area (Å²) in [5.41, 5.74) is 0.513. The van der Waals surface area contributed by atoms with Crippen LogP contribution < -0.4 is 9.60 Å². The summed E-state index contributed by atoms with van der Waals surface area (Å²) in [7, 11) is -3.76. The van der Waals surface area contributed by atoms with Crippen LogP contribution in [0, 0.1) is 6.92 Å². The summed E-state index contributed by atoms with van der Waals surface area (Å²) in [6.45, 7) is 1.51. The highest BCUT2D eigenvalue weighted by atomic mass is 32.2. The Morgan fingerprint density at radius 3 is 2.81 bits per heavy atom. The molecule has 0 saturated carbocycles. The molecule has 2 N–H and O–H groups in total. The molecule has 0 aliphatic carbocycles. The second-order valence-corrected chi connectivity index (χ2v) is 5.81. The molecule has 0 bridgehead atoms. The van der Waals surface area contributed by atoms with Gasteiger partial charge >= 0.3 is 4.87 Å². The molecule has 0 fully saturated rings. The van der Waals surface area contributed by atoms with E-state index in [0.29, 0.717) is 17.0 Å². The van der Waals surface area contributed by atoms with Gasteiger partial charge in [0.15, 0.2) is 4.21 Å². The molecule has 86 valence electrons. The number of nitrogens with zero attached hydrogens (tertiary/aromatic N) is 1. The van der Waals surface area contributed by atoms with Crippen molar-refractivity contribution in [2.24, 2.45) is 0 Å². The van der Waals surface area contributed by atoms with Crippen LogP contribution in [-0.2, 0) is 10.0 Å². The Balaban J connectivity index is 2.40. The van der Waals surface area contributed by atoms with Crippen LogP contribution in [0.5, 0.6) is 0 Å². The van der Waals surface area contributed by atoms with Gasteiger partial charge in [-0.1, -0.05) is 16.5 Å². The zero-order chi connectivity index (χ0) is 11.8. The second kappa shape index (κ2) is 3.76. The van der Waals surface area contributed by atoms with Crippen LogP contribution in [0.1, 0.15) is 5.69 Å². The Morgan fingerprint density at radius 2 is 2.31 bits per heavy atom. The molecule has 0 radical (unpaired) electrons. The van der Waals surface area contributed by atoms with Gasteiger partial charge < -0.3 is 9.51 Å². The van der Waals surface area contributed by atoms with Crippen LogP contribution in [-0.4, -0.2) is 18.6 Å².